The summed E-state index contributed by atoms with van der Waals surface area (Å²) in [6.07, 6.45) is 3.42. The van der Waals surface area contributed by atoms with E-state index >= 15 is 0 Å². The van der Waals surface area contributed by atoms with E-state index in [1.807, 2.05) is 73.8 Å². The Morgan fingerprint density at radius 3 is 2.23 bits per heavy atom. The van der Waals surface area contributed by atoms with E-state index in [2.05, 4.69) is 9.82 Å². The van der Waals surface area contributed by atoms with Gasteiger partial charge in [-0.15, -0.1) is 0 Å². The highest BCUT2D eigenvalue weighted by Gasteiger charge is 2.21. The van der Waals surface area contributed by atoms with Gasteiger partial charge in [0.05, 0.1) is 17.1 Å². The molecule has 4 aromatic rings. The van der Waals surface area contributed by atoms with Crippen LogP contribution in [0, 0.1) is 6.92 Å². The van der Waals surface area contributed by atoms with Crippen LogP contribution in [0.25, 0.3) is 16.9 Å². The number of hydrogen-bond acceptors (Lipinski definition) is 4. The lowest BCUT2D eigenvalue weighted by atomic mass is 10.1. The molecule has 0 radical (unpaired) electrons. The third-order valence-electron chi connectivity index (χ3n) is 4.83. The minimum absolute atomic E-state index is 0.121. The Kier molecular flexibility index (Phi) is 5.52. The first-order valence-corrected chi connectivity index (χ1v) is 11.2. The van der Waals surface area contributed by atoms with E-state index in [1.54, 1.807) is 22.5 Å². The molecule has 1 N–H and O–H groups in total. The zero-order valence-electron chi connectivity index (χ0n) is 16.9. The summed E-state index contributed by atoms with van der Waals surface area (Å²) in [6.45, 7) is 4.35. The van der Waals surface area contributed by atoms with Gasteiger partial charge in [0.2, 0.25) is 10.0 Å². The second kappa shape index (κ2) is 8.25. The monoisotopic (exact) mass is 421 g/mol. The van der Waals surface area contributed by atoms with Crippen molar-refractivity contribution in [2.75, 3.05) is 0 Å². The van der Waals surface area contributed by atoms with E-state index in [-0.39, 0.29) is 11.4 Å². The highest BCUT2D eigenvalue weighted by Crippen LogP contribution is 2.24. The molecule has 0 bridgehead atoms. The molecule has 154 valence electrons. The van der Waals surface area contributed by atoms with Crippen molar-refractivity contribution in [2.24, 2.45) is 0 Å². The molecule has 30 heavy (non-hydrogen) atoms. The Balaban J connectivity index is 1.67. The molecule has 0 aliphatic carbocycles. The summed E-state index contributed by atoms with van der Waals surface area (Å²) in [4.78, 5) is 0.195. The lowest BCUT2D eigenvalue weighted by molar-refractivity contribution is 0.580. The van der Waals surface area contributed by atoms with E-state index in [0.29, 0.717) is 12.2 Å². The van der Waals surface area contributed by atoms with Crippen LogP contribution in [0.2, 0.25) is 0 Å². The van der Waals surface area contributed by atoms with Crippen LogP contribution in [0.15, 0.2) is 78.0 Å². The van der Waals surface area contributed by atoms with Crippen LogP contribution in [0.4, 0.5) is 0 Å². The van der Waals surface area contributed by atoms with Crippen LogP contribution in [-0.2, 0) is 23.1 Å². The predicted octanol–water partition coefficient (Wildman–Crippen LogP) is 3.54. The van der Waals surface area contributed by atoms with Gasteiger partial charge in [-0.05, 0) is 26.0 Å². The minimum Gasteiger partial charge on any atom is -0.271 e. The van der Waals surface area contributed by atoms with E-state index in [1.165, 1.54) is 0 Å². The van der Waals surface area contributed by atoms with E-state index in [0.717, 1.165) is 22.5 Å². The largest absolute Gasteiger partial charge is 0.271 e. The Labute approximate surface area is 176 Å². The average Bonchev–Trinajstić information content (AvgIpc) is 3.37. The molecule has 0 aliphatic heterocycles. The van der Waals surface area contributed by atoms with Crippen molar-refractivity contribution < 1.29 is 8.42 Å². The van der Waals surface area contributed by atoms with Crippen LogP contribution < -0.4 is 4.72 Å². The third kappa shape index (κ3) is 4.05. The maximum absolute atomic E-state index is 12.9. The van der Waals surface area contributed by atoms with Crippen LogP contribution in [0.5, 0.6) is 0 Å². The van der Waals surface area contributed by atoms with E-state index < -0.39 is 10.0 Å². The lowest BCUT2D eigenvalue weighted by Gasteiger charge is -2.06. The quantitative estimate of drug-likeness (QED) is 0.495. The second-order valence-electron chi connectivity index (χ2n) is 6.91. The fraction of sp³-hybridized carbons (Fsp3) is 0.182. The van der Waals surface area contributed by atoms with Gasteiger partial charge in [0.25, 0.3) is 0 Å². The Morgan fingerprint density at radius 2 is 1.60 bits per heavy atom. The third-order valence-corrected chi connectivity index (χ3v) is 6.33. The van der Waals surface area contributed by atoms with Gasteiger partial charge >= 0.3 is 0 Å². The molecule has 0 unspecified atom stereocenters. The van der Waals surface area contributed by atoms with E-state index in [4.69, 9.17) is 5.10 Å². The Bertz CT molecular complexity index is 1250. The number of sulfonamides is 1. The second-order valence-corrected chi connectivity index (χ2v) is 8.64. The molecular weight excluding hydrogens is 398 g/mol. The van der Waals surface area contributed by atoms with Crippen molar-refractivity contribution in [2.45, 2.75) is 31.8 Å². The molecule has 2 heterocycles. The van der Waals surface area contributed by atoms with Gasteiger partial charge in [0, 0.05) is 36.6 Å². The fourth-order valence-electron chi connectivity index (χ4n) is 3.27. The van der Waals surface area contributed by atoms with Crippen LogP contribution in [0.1, 0.15) is 18.2 Å². The standard InChI is InChI=1S/C22H23N5O2S/c1-3-26-16-21(17(2)24-26)30(28,29)23-14-19-15-27(20-12-8-5-9-13-20)25-22(19)18-10-6-4-7-11-18/h4-13,15-16,23H,3,14H2,1-2H3. The van der Waals surface area contributed by atoms with Crippen molar-refractivity contribution in [3.05, 3.63) is 84.3 Å². The number of aryl methyl sites for hydroxylation is 2. The molecule has 0 fully saturated rings. The minimum atomic E-state index is -3.70. The van der Waals surface area contributed by atoms with Crippen LogP contribution in [-0.4, -0.2) is 28.0 Å². The van der Waals surface area contributed by atoms with E-state index in [9.17, 15) is 8.42 Å². The number of para-hydroxylation sites is 1. The zero-order chi connectivity index (χ0) is 21.1. The first-order valence-electron chi connectivity index (χ1n) is 9.71. The molecule has 7 nitrogen and oxygen atoms in total. The van der Waals surface area contributed by atoms with Crippen molar-refractivity contribution >= 4 is 10.0 Å². The smallest absolute Gasteiger partial charge is 0.244 e. The fourth-order valence-corrected chi connectivity index (χ4v) is 4.46. The number of rotatable bonds is 7. The van der Waals surface area contributed by atoms with Gasteiger partial charge in [0.15, 0.2) is 0 Å². The van der Waals surface area contributed by atoms with Gasteiger partial charge in [0.1, 0.15) is 4.90 Å². The average molecular weight is 422 g/mol. The highest BCUT2D eigenvalue weighted by molar-refractivity contribution is 7.89. The summed E-state index contributed by atoms with van der Waals surface area (Å²) in [7, 11) is -3.70. The topological polar surface area (TPSA) is 81.8 Å². The van der Waals surface area contributed by atoms with Crippen molar-refractivity contribution in [1.29, 1.82) is 0 Å². The first-order chi connectivity index (χ1) is 14.5. The maximum atomic E-state index is 12.9. The number of nitrogens with zero attached hydrogens (tertiary/aromatic N) is 4. The van der Waals surface area contributed by atoms with Crippen molar-refractivity contribution in [3.8, 4) is 16.9 Å². The molecule has 2 aromatic heterocycles. The van der Waals surface area contributed by atoms with Gasteiger partial charge in [-0.3, -0.25) is 4.68 Å². The van der Waals surface area contributed by atoms with Crippen LogP contribution in [0.3, 0.4) is 0 Å². The summed E-state index contributed by atoms with van der Waals surface area (Å²) in [6, 6.07) is 19.5. The zero-order valence-corrected chi connectivity index (χ0v) is 17.7. The molecule has 4 rings (SSSR count). The SMILES string of the molecule is CCn1cc(S(=O)(=O)NCc2cn(-c3ccccc3)nc2-c2ccccc2)c(C)n1. The summed E-state index contributed by atoms with van der Waals surface area (Å²) in [5.41, 5.74) is 3.84. The molecule has 0 saturated heterocycles. The molecule has 8 heteroatoms. The van der Waals surface area contributed by atoms with Crippen molar-refractivity contribution in [1.82, 2.24) is 24.3 Å². The number of aromatic nitrogens is 4. The lowest BCUT2D eigenvalue weighted by Crippen LogP contribution is -2.23. The molecule has 0 aliphatic rings. The predicted molar refractivity (Wildman–Crippen MR) is 116 cm³/mol. The Morgan fingerprint density at radius 1 is 0.933 bits per heavy atom. The molecule has 0 spiro atoms. The van der Waals surface area contributed by atoms with Gasteiger partial charge < -0.3 is 0 Å². The van der Waals surface area contributed by atoms with Gasteiger partial charge in [-0.25, -0.2) is 17.8 Å². The Hall–Kier alpha value is -3.23. The normalized spacial score (nSPS) is 11.7. The highest BCUT2D eigenvalue weighted by atomic mass is 32.2. The number of hydrogen-bond donors (Lipinski definition) is 1. The summed E-state index contributed by atoms with van der Waals surface area (Å²) in [5.74, 6) is 0. The molecule has 0 atom stereocenters. The molecule has 0 saturated carbocycles. The maximum Gasteiger partial charge on any atom is 0.244 e. The first kappa shape index (κ1) is 20.1. The van der Waals surface area contributed by atoms with Crippen LogP contribution >= 0.6 is 0 Å². The molecule has 0 amide bonds. The molecular formula is C22H23N5O2S. The number of nitrogens with one attached hydrogen (secondary N) is 1. The van der Waals surface area contributed by atoms with Crippen molar-refractivity contribution in [3.63, 3.8) is 0 Å². The summed E-state index contributed by atoms with van der Waals surface area (Å²) in [5, 5.41) is 8.96. The van der Waals surface area contributed by atoms with Gasteiger partial charge in [-0.1, -0.05) is 48.5 Å². The van der Waals surface area contributed by atoms with Gasteiger partial charge in [-0.2, -0.15) is 10.2 Å². The molecule has 2 aromatic carbocycles. The number of benzene rings is 2. The summed E-state index contributed by atoms with van der Waals surface area (Å²) >= 11 is 0. The summed E-state index contributed by atoms with van der Waals surface area (Å²) < 4.78 is 31.9.